The van der Waals surface area contributed by atoms with Crippen molar-refractivity contribution in [2.24, 2.45) is 0 Å². The first-order valence-corrected chi connectivity index (χ1v) is 8.44. The normalized spacial score (nSPS) is 19.8. The smallest absolute Gasteiger partial charge is 0.123 e. The van der Waals surface area contributed by atoms with Crippen LogP contribution in [0.1, 0.15) is 23.7 Å². The van der Waals surface area contributed by atoms with Gasteiger partial charge in [-0.15, -0.1) is 0 Å². The monoisotopic (exact) mass is 327 g/mol. The SMILES string of the molecule is COc1ccccc1CN1CCOCC1CC(O)c1ccccc1. The highest BCUT2D eigenvalue weighted by molar-refractivity contribution is 5.33. The van der Waals surface area contributed by atoms with Gasteiger partial charge in [0.2, 0.25) is 0 Å². The summed E-state index contributed by atoms with van der Waals surface area (Å²) in [4.78, 5) is 2.38. The number of hydrogen-bond acceptors (Lipinski definition) is 4. The van der Waals surface area contributed by atoms with Crippen LogP contribution in [0.4, 0.5) is 0 Å². The molecule has 1 fully saturated rings. The molecule has 4 nitrogen and oxygen atoms in total. The van der Waals surface area contributed by atoms with Crippen molar-refractivity contribution >= 4 is 0 Å². The molecule has 4 heteroatoms. The summed E-state index contributed by atoms with van der Waals surface area (Å²) < 4.78 is 11.1. The van der Waals surface area contributed by atoms with Crippen LogP contribution < -0.4 is 4.74 Å². The van der Waals surface area contributed by atoms with Crippen LogP contribution in [-0.4, -0.2) is 42.9 Å². The molecule has 0 radical (unpaired) electrons. The first-order chi connectivity index (χ1) is 11.8. The number of morpholine rings is 1. The fraction of sp³-hybridized carbons (Fsp3) is 0.400. The molecule has 2 aromatic rings. The Morgan fingerprint density at radius 3 is 2.71 bits per heavy atom. The molecule has 128 valence electrons. The third-order valence-electron chi connectivity index (χ3n) is 4.60. The molecule has 1 N–H and O–H groups in total. The van der Waals surface area contributed by atoms with Crippen molar-refractivity contribution in [3.63, 3.8) is 0 Å². The Kier molecular flexibility index (Phi) is 5.86. The summed E-state index contributed by atoms with van der Waals surface area (Å²) in [6.45, 7) is 3.05. The maximum atomic E-state index is 10.6. The molecule has 1 aliphatic rings. The standard InChI is InChI=1S/C20H25NO3/c1-23-20-10-6-5-9-17(20)14-21-11-12-24-15-18(21)13-19(22)16-7-3-2-4-8-16/h2-10,18-19,22H,11-15H2,1H3. The van der Waals surface area contributed by atoms with Crippen molar-refractivity contribution in [1.29, 1.82) is 0 Å². The van der Waals surface area contributed by atoms with Crippen molar-refractivity contribution in [3.05, 3.63) is 65.7 Å². The van der Waals surface area contributed by atoms with E-state index in [9.17, 15) is 5.11 Å². The molecule has 0 saturated carbocycles. The van der Waals surface area contributed by atoms with E-state index in [0.29, 0.717) is 13.0 Å². The molecule has 3 rings (SSSR count). The van der Waals surface area contributed by atoms with Gasteiger partial charge in [0.05, 0.1) is 26.4 Å². The fourth-order valence-electron chi connectivity index (χ4n) is 3.24. The number of para-hydroxylation sites is 1. The Morgan fingerprint density at radius 2 is 1.92 bits per heavy atom. The number of hydrogen-bond donors (Lipinski definition) is 1. The van der Waals surface area contributed by atoms with Crippen molar-refractivity contribution in [1.82, 2.24) is 4.90 Å². The van der Waals surface area contributed by atoms with Crippen molar-refractivity contribution in [3.8, 4) is 5.75 Å². The second-order valence-corrected chi connectivity index (χ2v) is 6.17. The van der Waals surface area contributed by atoms with E-state index in [0.717, 1.165) is 31.0 Å². The minimum atomic E-state index is -0.474. The lowest BCUT2D eigenvalue weighted by Crippen LogP contribution is -2.45. The van der Waals surface area contributed by atoms with Gasteiger partial charge < -0.3 is 14.6 Å². The van der Waals surface area contributed by atoms with Gasteiger partial charge in [-0.05, 0) is 18.1 Å². The number of methoxy groups -OCH3 is 1. The molecule has 1 heterocycles. The Bertz CT molecular complexity index is 632. The fourth-order valence-corrected chi connectivity index (χ4v) is 3.24. The quantitative estimate of drug-likeness (QED) is 0.885. The van der Waals surface area contributed by atoms with E-state index in [1.165, 1.54) is 5.56 Å². The van der Waals surface area contributed by atoms with Crippen LogP contribution >= 0.6 is 0 Å². The number of aliphatic hydroxyl groups excluding tert-OH is 1. The molecule has 24 heavy (non-hydrogen) atoms. The molecule has 2 atom stereocenters. The Hall–Kier alpha value is -1.88. The van der Waals surface area contributed by atoms with Crippen LogP contribution in [0.25, 0.3) is 0 Å². The maximum Gasteiger partial charge on any atom is 0.123 e. The lowest BCUT2D eigenvalue weighted by Gasteiger charge is -2.37. The molecule has 2 aromatic carbocycles. The van der Waals surface area contributed by atoms with Crippen molar-refractivity contribution in [2.45, 2.75) is 25.1 Å². The zero-order chi connectivity index (χ0) is 16.8. The molecule has 1 aliphatic heterocycles. The molecule has 0 aromatic heterocycles. The summed E-state index contributed by atoms with van der Waals surface area (Å²) >= 11 is 0. The van der Waals surface area contributed by atoms with E-state index >= 15 is 0 Å². The number of benzene rings is 2. The van der Waals surface area contributed by atoms with Crippen LogP contribution in [-0.2, 0) is 11.3 Å². The zero-order valence-electron chi connectivity index (χ0n) is 14.1. The van der Waals surface area contributed by atoms with Crippen LogP contribution in [0, 0.1) is 0 Å². The lowest BCUT2D eigenvalue weighted by atomic mass is 10.00. The number of rotatable bonds is 6. The second kappa shape index (κ2) is 8.29. The minimum absolute atomic E-state index is 0.193. The summed E-state index contributed by atoms with van der Waals surface area (Å²) in [7, 11) is 1.70. The van der Waals surface area contributed by atoms with E-state index < -0.39 is 6.10 Å². The summed E-state index contributed by atoms with van der Waals surface area (Å²) in [6, 6.07) is 18.1. The molecule has 0 aliphatic carbocycles. The van der Waals surface area contributed by atoms with Crippen molar-refractivity contribution in [2.75, 3.05) is 26.9 Å². The van der Waals surface area contributed by atoms with Gasteiger partial charge >= 0.3 is 0 Å². The molecule has 2 unspecified atom stereocenters. The van der Waals surface area contributed by atoms with Crippen LogP contribution in [0.5, 0.6) is 5.75 Å². The Labute approximate surface area is 143 Å². The third kappa shape index (κ3) is 4.15. The van der Waals surface area contributed by atoms with Crippen LogP contribution in [0.2, 0.25) is 0 Å². The molecule has 0 amide bonds. The van der Waals surface area contributed by atoms with E-state index in [1.54, 1.807) is 7.11 Å². The van der Waals surface area contributed by atoms with Crippen LogP contribution in [0.3, 0.4) is 0 Å². The number of aliphatic hydroxyl groups is 1. The van der Waals surface area contributed by atoms with E-state index in [1.807, 2.05) is 48.5 Å². The summed E-state index contributed by atoms with van der Waals surface area (Å²) in [6.07, 6.45) is 0.192. The highest BCUT2D eigenvalue weighted by Crippen LogP contribution is 2.26. The van der Waals surface area contributed by atoms with E-state index in [2.05, 4.69) is 11.0 Å². The summed E-state index contributed by atoms with van der Waals surface area (Å²) in [5.74, 6) is 0.909. The second-order valence-electron chi connectivity index (χ2n) is 6.17. The van der Waals surface area contributed by atoms with E-state index in [4.69, 9.17) is 9.47 Å². The van der Waals surface area contributed by atoms with Gasteiger partial charge in [0.25, 0.3) is 0 Å². The molecular formula is C20H25NO3. The largest absolute Gasteiger partial charge is 0.496 e. The Balaban J connectivity index is 1.69. The average molecular weight is 327 g/mol. The van der Waals surface area contributed by atoms with Gasteiger partial charge in [-0.2, -0.15) is 0 Å². The predicted octanol–water partition coefficient (Wildman–Crippen LogP) is 3.02. The Morgan fingerprint density at radius 1 is 1.17 bits per heavy atom. The average Bonchev–Trinajstić information content (AvgIpc) is 2.64. The van der Waals surface area contributed by atoms with Gasteiger partial charge in [-0.1, -0.05) is 48.5 Å². The molecule has 1 saturated heterocycles. The van der Waals surface area contributed by atoms with Gasteiger partial charge in [-0.25, -0.2) is 0 Å². The predicted molar refractivity (Wildman–Crippen MR) is 94.0 cm³/mol. The number of nitrogens with zero attached hydrogens (tertiary/aromatic N) is 1. The lowest BCUT2D eigenvalue weighted by molar-refractivity contribution is -0.0302. The van der Waals surface area contributed by atoms with Gasteiger partial charge in [0.15, 0.2) is 0 Å². The van der Waals surface area contributed by atoms with Gasteiger partial charge in [0, 0.05) is 24.7 Å². The first-order valence-electron chi connectivity index (χ1n) is 8.44. The molecule has 0 bridgehead atoms. The topological polar surface area (TPSA) is 41.9 Å². The molecule has 0 spiro atoms. The maximum absolute atomic E-state index is 10.6. The summed E-state index contributed by atoms with van der Waals surface area (Å²) in [5.41, 5.74) is 2.13. The zero-order valence-corrected chi connectivity index (χ0v) is 14.1. The van der Waals surface area contributed by atoms with Gasteiger partial charge in [-0.3, -0.25) is 4.90 Å². The summed E-state index contributed by atoms with van der Waals surface area (Å²) in [5, 5.41) is 10.6. The van der Waals surface area contributed by atoms with Crippen LogP contribution in [0.15, 0.2) is 54.6 Å². The highest BCUT2D eigenvalue weighted by atomic mass is 16.5. The minimum Gasteiger partial charge on any atom is -0.496 e. The number of ether oxygens (including phenoxy) is 2. The highest BCUT2D eigenvalue weighted by Gasteiger charge is 2.26. The van der Waals surface area contributed by atoms with Gasteiger partial charge in [0.1, 0.15) is 5.75 Å². The molecular weight excluding hydrogens is 302 g/mol. The van der Waals surface area contributed by atoms with E-state index in [-0.39, 0.29) is 6.04 Å². The third-order valence-corrected chi connectivity index (χ3v) is 4.60. The van der Waals surface area contributed by atoms with Crippen molar-refractivity contribution < 1.29 is 14.6 Å². The first kappa shape index (κ1) is 17.0.